The van der Waals surface area contributed by atoms with Gasteiger partial charge in [-0.3, -0.25) is 9.59 Å². The summed E-state index contributed by atoms with van der Waals surface area (Å²) in [6.45, 7) is 12.5. The molecule has 3 nitrogen and oxygen atoms in total. The fourth-order valence-corrected chi connectivity index (χ4v) is 5.48. The molecule has 5 atom stereocenters. The van der Waals surface area contributed by atoms with Gasteiger partial charge in [-0.15, -0.1) is 0 Å². The van der Waals surface area contributed by atoms with E-state index in [1.54, 1.807) is 0 Å². The van der Waals surface area contributed by atoms with Crippen molar-refractivity contribution < 1.29 is 14.3 Å². The van der Waals surface area contributed by atoms with Crippen LogP contribution in [0.4, 0.5) is 0 Å². The number of ketones is 1. The van der Waals surface area contributed by atoms with Crippen molar-refractivity contribution >= 4 is 11.8 Å². The molecule has 0 N–H and O–H groups in total. The average Bonchev–Trinajstić information content (AvgIpc) is 2.52. The largest absolute Gasteiger partial charge is 0.462 e. The summed E-state index contributed by atoms with van der Waals surface area (Å²) in [6, 6.07) is 0. The minimum absolute atomic E-state index is 0.0663. The molecule has 3 heteroatoms. The third kappa shape index (κ3) is 1.87. The molecule has 2 fully saturated rings. The van der Waals surface area contributed by atoms with E-state index in [-0.39, 0.29) is 40.5 Å². The number of hydrogen-bond donors (Lipinski definition) is 0. The number of hydrogen-bond acceptors (Lipinski definition) is 3. The van der Waals surface area contributed by atoms with Gasteiger partial charge in [0.2, 0.25) is 0 Å². The van der Waals surface area contributed by atoms with Crippen LogP contribution in [-0.4, -0.2) is 17.9 Å². The quantitative estimate of drug-likeness (QED) is 0.729. The minimum Gasteiger partial charge on any atom is -0.462 e. The number of allylic oxidation sites excluding steroid dienone is 2. The lowest BCUT2D eigenvalue weighted by Gasteiger charge is -2.65. The Bertz CT molecular complexity index is 557. The molecule has 122 valence electrons. The topological polar surface area (TPSA) is 43.4 Å². The van der Waals surface area contributed by atoms with Crippen LogP contribution >= 0.6 is 0 Å². The molecule has 0 radical (unpaired) electrons. The van der Waals surface area contributed by atoms with E-state index in [4.69, 9.17) is 4.74 Å². The fraction of sp³-hybridized carbons (Fsp3) is 0.789. The van der Waals surface area contributed by atoms with Crippen molar-refractivity contribution in [3.63, 3.8) is 0 Å². The summed E-state index contributed by atoms with van der Waals surface area (Å²) < 4.78 is 5.86. The standard InChI is InChI=1S/C19H28O3/c1-10(2)17(21)22-13-7-8-19(6)14-11(3)9-12(20)15(19)16(14)18(13,4)5/h9-10,13-16H,7-8H2,1-6H3/t13-,14+,15-,16+,19-/m1/s1. The fourth-order valence-electron chi connectivity index (χ4n) is 5.48. The number of ether oxygens (including phenoxy) is 1. The van der Waals surface area contributed by atoms with E-state index in [2.05, 4.69) is 27.7 Å². The van der Waals surface area contributed by atoms with Gasteiger partial charge in [0, 0.05) is 11.3 Å². The number of fused-ring (bicyclic) bond motifs is 1. The summed E-state index contributed by atoms with van der Waals surface area (Å²) in [4.78, 5) is 24.6. The van der Waals surface area contributed by atoms with E-state index in [9.17, 15) is 9.59 Å². The first-order valence-corrected chi connectivity index (χ1v) is 8.53. The van der Waals surface area contributed by atoms with E-state index in [0.29, 0.717) is 11.8 Å². The van der Waals surface area contributed by atoms with E-state index >= 15 is 0 Å². The lowest BCUT2D eigenvalue weighted by molar-refractivity contribution is -0.180. The first kappa shape index (κ1) is 15.8. The van der Waals surface area contributed by atoms with Crippen molar-refractivity contribution in [1.82, 2.24) is 0 Å². The van der Waals surface area contributed by atoms with Gasteiger partial charge < -0.3 is 4.74 Å². The lowest BCUT2D eigenvalue weighted by Crippen LogP contribution is -2.64. The molecule has 0 unspecified atom stereocenters. The zero-order valence-corrected chi connectivity index (χ0v) is 14.6. The molecular formula is C19H28O3. The maximum atomic E-state index is 12.6. The Kier molecular flexibility index (Phi) is 3.36. The molecule has 0 aromatic rings. The number of carbonyl (C=O) groups is 2. The van der Waals surface area contributed by atoms with E-state index in [0.717, 1.165) is 12.8 Å². The van der Waals surface area contributed by atoms with Gasteiger partial charge in [0.1, 0.15) is 6.10 Å². The Morgan fingerprint density at radius 1 is 1.27 bits per heavy atom. The van der Waals surface area contributed by atoms with Crippen LogP contribution in [0.3, 0.4) is 0 Å². The second kappa shape index (κ2) is 4.69. The second-order valence-corrected chi connectivity index (χ2v) is 8.72. The van der Waals surface area contributed by atoms with E-state index in [1.807, 2.05) is 19.9 Å². The van der Waals surface area contributed by atoms with Gasteiger partial charge in [0.15, 0.2) is 5.78 Å². The Morgan fingerprint density at radius 3 is 2.45 bits per heavy atom. The van der Waals surface area contributed by atoms with Gasteiger partial charge in [0.25, 0.3) is 0 Å². The summed E-state index contributed by atoms with van der Waals surface area (Å²) >= 11 is 0. The predicted molar refractivity (Wildman–Crippen MR) is 85.1 cm³/mol. The highest BCUT2D eigenvalue weighted by molar-refractivity contribution is 5.96. The molecule has 2 saturated carbocycles. The number of esters is 1. The van der Waals surface area contributed by atoms with Crippen LogP contribution in [0.15, 0.2) is 11.6 Å². The lowest BCUT2D eigenvalue weighted by atomic mass is 9.38. The Balaban J connectivity index is 1.95. The summed E-state index contributed by atoms with van der Waals surface area (Å²) in [5, 5.41) is 0. The minimum atomic E-state index is -0.152. The normalized spacial score (nSPS) is 42.3. The SMILES string of the molecule is CC1=CC(=O)[C@@H]2[C@@H]3[C@H]1[C@@]2(C)CC[C@@H](OC(=O)C(C)C)C3(C)C. The molecule has 0 heterocycles. The maximum Gasteiger partial charge on any atom is 0.308 e. The zero-order valence-electron chi connectivity index (χ0n) is 14.6. The molecule has 22 heavy (non-hydrogen) atoms. The van der Waals surface area contributed by atoms with Crippen LogP contribution in [0.2, 0.25) is 0 Å². The third-order valence-electron chi connectivity index (χ3n) is 6.67. The highest BCUT2D eigenvalue weighted by Gasteiger charge is 2.70. The van der Waals surface area contributed by atoms with Crippen molar-refractivity contribution in [2.75, 3.05) is 0 Å². The Hall–Kier alpha value is -1.12. The molecule has 0 amide bonds. The summed E-state index contributed by atoms with van der Waals surface area (Å²) in [6.07, 6.45) is 3.60. The Morgan fingerprint density at radius 2 is 1.91 bits per heavy atom. The average molecular weight is 304 g/mol. The van der Waals surface area contributed by atoms with Crippen LogP contribution in [-0.2, 0) is 14.3 Å². The van der Waals surface area contributed by atoms with Crippen molar-refractivity contribution in [3.8, 4) is 0 Å². The molecule has 0 saturated heterocycles. The smallest absolute Gasteiger partial charge is 0.308 e. The van der Waals surface area contributed by atoms with Crippen LogP contribution in [0.1, 0.15) is 54.4 Å². The maximum absolute atomic E-state index is 12.6. The molecule has 4 rings (SSSR count). The first-order valence-electron chi connectivity index (χ1n) is 8.53. The highest BCUT2D eigenvalue weighted by atomic mass is 16.5. The van der Waals surface area contributed by atoms with Gasteiger partial charge >= 0.3 is 5.97 Å². The molecule has 0 aromatic heterocycles. The van der Waals surface area contributed by atoms with Crippen LogP contribution < -0.4 is 0 Å². The van der Waals surface area contributed by atoms with E-state index in [1.165, 1.54) is 5.57 Å². The highest BCUT2D eigenvalue weighted by Crippen LogP contribution is 2.71. The number of carbonyl (C=O) groups excluding carboxylic acids is 2. The van der Waals surface area contributed by atoms with Crippen LogP contribution in [0.5, 0.6) is 0 Å². The summed E-state index contributed by atoms with van der Waals surface area (Å²) in [5.74, 6) is 0.948. The molecule has 0 spiro atoms. The summed E-state index contributed by atoms with van der Waals surface area (Å²) in [7, 11) is 0. The van der Waals surface area contributed by atoms with Crippen LogP contribution in [0.25, 0.3) is 0 Å². The molecular weight excluding hydrogens is 276 g/mol. The predicted octanol–water partition coefficient (Wildman–Crippen LogP) is 3.77. The van der Waals surface area contributed by atoms with Crippen molar-refractivity contribution in [2.45, 2.75) is 60.5 Å². The molecule has 4 aliphatic rings. The molecule has 0 aliphatic heterocycles. The molecule has 4 aliphatic carbocycles. The number of rotatable bonds is 2. The Labute approximate surface area is 133 Å². The monoisotopic (exact) mass is 304 g/mol. The third-order valence-corrected chi connectivity index (χ3v) is 6.67. The van der Waals surface area contributed by atoms with Gasteiger partial charge in [0.05, 0.1) is 5.92 Å². The van der Waals surface area contributed by atoms with Crippen molar-refractivity contribution in [2.24, 2.45) is 34.5 Å². The molecule has 4 bridgehead atoms. The zero-order chi connectivity index (χ0) is 16.4. The van der Waals surface area contributed by atoms with Gasteiger partial charge in [-0.1, -0.05) is 40.2 Å². The van der Waals surface area contributed by atoms with Gasteiger partial charge in [-0.25, -0.2) is 0 Å². The second-order valence-electron chi connectivity index (χ2n) is 8.72. The van der Waals surface area contributed by atoms with Crippen LogP contribution in [0, 0.1) is 34.5 Å². The summed E-state index contributed by atoms with van der Waals surface area (Å²) in [5.41, 5.74) is 1.14. The first-order chi connectivity index (χ1) is 10.1. The van der Waals surface area contributed by atoms with Crippen molar-refractivity contribution in [1.29, 1.82) is 0 Å². The van der Waals surface area contributed by atoms with E-state index < -0.39 is 0 Å². The van der Waals surface area contributed by atoms with Crippen molar-refractivity contribution in [3.05, 3.63) is 11.6 Å². The molecule has 0 aromatic carbocycles. The van der Waals surface area contributed by atoms with Gasteiger partial charge in [-0.05, 0) is 43.1 Å². The van der Waals surface area contributed by atoms with Gasteiger partial charge in [-0.2, -0.15) is 0 Å².